The first-order chi connectivity index (χ1) is 8.31. The number of hydrogen-bond acceptors (Lipinski definition) is 2. The normalized spacial score (nSPS) is 19.1. The van der Waals surface area contributed by atoms with E-state index in [1.807, 2.05) is 0 Å². The van der Waals surface area contributed by atoms with Gasteiger partial charge >= 0.3 is 0 Å². The van der Waals surface area contributed by atoms with Crippen LogP contribution in [0.5, 0.6) is 0 Å². The maximum Gasteiger partial charge on any atom is 0.0113 e. The molecule has 1 aliphatic heterocycles. The molecule has 0 aromatic rings. The number of hydrogen-bond donors (Lipinski definition) is 0. The van der Waals surface area contributed by atoms with Gasteiger partial charge in [-0.1, -0.05) is 40.0 Å². The fourth-order valence-electron chi connectivity index (χ4n) is 2.91. The summed E-state index contributed by atoms with van der Waals surface area (Å²) in [5.74, 6) is 0. The molecule has 1 aliphatic rings. The predicted octanol–water partition coefficient (Wildman–Crippen LogP) is 3.37. The van der Waals surface area contributed by atoms with Crippen LogP contribution in [0.15, 0.2) is 0 Å². The lowest BCUT2D eigenvalue weighted by molar-refractivity contribution is 0.0867. The molecule has 1 fully saturated rings. The summed E-state index contributed by atoms with van der Waals surface area (Å²) in [5.41, 5.74) is 0. The van der Waals surface area contributed by atoms with E-state index in [4.69, 9.17) is 0 Å². The predicted molar refractivity (Wildman–Crippen MR) is 76.5 cm³/mol. The van der Waals surface area contributed by atoms with E-state index in [0.29, 0.717) is 0 Å². The van der Waals surface area contributed by atoms with Crippen LogP contribution in [-0.4, -0.2) is 48.6 Å². The first-order valence-corrected chi connectivity index (χ1v) is 7.78. The molecule has 0 aliphatic carbocycles. The molecule has 0 atom stereocenters. The van der Waals surface area contributed by atoms with Gasteiger partial charge in [-0.05, 0) is 25.8 Å². The van der Waals surface area contributed by atoms with Crippen LogP contribution < -0.4 is 0 Å². The summed E-state index contributed by atoms with van der Waals surface area (Å²) < 4.78 is 0. The van der Waals surface area contributed by atoms with Gasteiger partial charge in [0.15, 0.2) is 0 Å². The zero-order valence-corrected chi connectivity index (χ0v) is 12.2. The topological polar surface area (TPSA) is 6.48 Å². The van der Waals surface area contributed by atoms with Gasteiger partial charge in [0.25, 0.3) is 0 Å². The second-order valence-corrected chi connectivity index (χ2v) is 5.46. The Morgan fingerprint density at radius 2 is 1.41 bits per heavy atom. The molecular formula is C15H32N2. The Labute approximate surface area is 108 Å². The summed E-state index contributed by atoms with van der Waals surface area (Å²) in [6.07, 6.45) is 8.15. The highest BCUT2D eigenvalue weighted by molar-refractivity contribution is 4.78. The maximum atomic E-state index is 2.75. The molecule has 0 bridgehead atoms. The van der Waals surface area contributed by atoms with E-state index in [2.05, 4.69) is 30.6 Å². The molecule has 0 N–H and O–H groups in total. The quantitative estimate of drug-likeness (QED) is 0.642. The minimum Gasteiger partial charge on any atom is -0.301 e. The average molecular weight is 240 g/mol. The molecule has 2 nitrogen and oxygen atoms in total. The molecule has 0 unspecified atom stereocenters. The van der Waals surface area contributed by atoms with Gasteiger partial charge in [-0.3, -0.25) is 4.90 Å². The molecule has 102 valence electrons. The standard InChI is InChI=1S/C15H32N2/c1-4-7-10-16-11-13-17(14-12-16)15(8-5-2)9-6-3/h15H,4-14H2,1-3H3. The van der Waals surface area contributed by atoms with Crippen molar-refractivity contribution in [2.75, 3.05) is 32.7 Å². The second kappa shape index (κ2) is 8.93. The Hall–Kier alpha value is -0.0800. The Bertz CT molecular complexity index is 168. The molecule has 0 amide bonds. The first-order valence-electron chi connectivity index (χ1n) is 7.78. The number of rotatable bonds is 8. The average Bonchev–Trinajstić information content (AvgIpc) is 2.37. The van der Waals surface area contributed by atoms with Crippen molar-refractivity contribution >= 4 is 0 Å². The summed E-state index contributed by atoms with van der Waals surface area (Å²) >= 11 is 0. The van der Waals surface area contributed by atoms with Gasteiger partial charge < -0.3 is 4.90 Å². The molecule has 1 rings (SSSR count). The van der Waals surface area contributed by atoms with Crippen LogP contribution in [0.4, 0.5) is 0 Å². The van der Waals surface area contributed by atoms with E-state index in [0.717, 1.165) is 6.04 Å². The Kier molecular flexibility index (Phi) is 7.87. The van der Waals surface area contributed by atoms with Gasteiger partial charge in [-0.2, -0.15) is 0 Å². The number of piperazine rings is 1. The SMILES string of the molecule is CCCCN1CCN(C(CCC)CCC)CC1. The lowest BCUT2D eigenvalue weighted by atomic mass is 10.0. The number of unbranched alkanes of at least 4 members (excludes halogenated alkanes) is 1. The van der Waals surface area contributed by atoms with E-state index < -0.39 is 0 Å². The third-order valence-electron chi connectivity index (χ3n) is 3.99. The van der Waals surface area contributed by atoms with Crippen molar-refractivity contribution in [3.63, 3.8) is 0 Å². The highest BCUT2D eigenvalue weighted by Gasteiger charge is 2.22. The highest BCUT2D eigenvalue weighted by Crippen LogP contribution is 2.15. The molecule has 0 aromatic carbocycles. The zero-order valence-electron chi connectivity index (χ0n) is 12.2. The molecule has 0 aromatic heterocycles. The molecule has 0 spiro atoms. The third-order valence-corrected chi connectivity index (χ3v) is 3.99. The van der Waals surface area contributed by atoms with Crippen LogP contribution in [0, 0.1) is 0 Å². The largest absolute Gasteiger partial charge is 0.301 e. The molecule has 1 heterocycles. The van der Waals surface area contributed by atoms with E-state index in [1.165, 1.54) is 71.2 Å². The van der Waals surface area contributed by atoms with Crippen molar-refractivity contribution in [2.24, 2.45) is 0 Å². The Morgan fingerprint density at radius 3 is 1.88 bits per heavy atom. The van der Waals surface area contributed by atoms with Crippen LogP contribution in [0.2, 0.25) is 0 Å². The maximum absolute atomic E-state index is 2.75. The zero-order chi connectivity index (χ0) is 12.5. The van der Waals surface area contributed by atoms with Crippen molar-refractivity contribution in [1.29, 1.82) is 0 Å². The Morgan fingerprint density at radius 1 is 0.824 bits per heavy atom. The lowest BCUT2D eigenvalue weighted by Crippen LogP contribution is -2.50. The van der Waals surface area contributed by atoms with Crippen LogP contribution in [0.1, 0.15) is 59.3 Å². The summed E-state index contributed by atoms with van der Waals surface area (Å²) in [4.78, 5) is 5.39. The molecular weight excluding hydrogens is 208 g/mol. The lowest BCUT2D eigenvalue weighted by Gasteiger charge is -2.39. The van der Waals surface area contributed by atoms with Crippen LogP contribution in [-0.2, 0) is 0 Å². The van der Waals surface area contributed by atoms with Crippen LogP contribution in [0.3, 0.4) is 0 Å². The van der Waals surface area contributed by atoms with Gasteiger partial charge in [-0.15, -0.1) is 0 Å². The smallest absolute Gasteiger partial charge is 0.0113 e. The van der Waals surface area contributed by atoms with Crippen molar-refractivity contribution in [1.82, 2.24) is 9.80 Å². The fourth-order valence-corrected chi connectivity index (χ4v) is 2.91. The van der Waals surface area contributed by atoms with Crippen molar-refractivity contribution in [3.8, 4) is 0 Å². The molecule has 17 heavy (non-hydrogen) atoms. The molecule has 0 saturated carbocycles. The van der Waals surface area contributed by atoms with Gasteiger partial charge in [-0.25, -0.2) is 0 Å². The third kappa shape index (κ3) is 5.39. The van der Waals surface area contributed by atoms with Crippen molar-refractivity contribution < 1.29 is 0 Å². The van der Waals surface area contributed by atoms with Gasteiger partial charge in [0, 0.05) is 32.2 Å². The van der Waals surface area contributed by atoms with E-state index in [9.17, 15) is 0 Å². The highest BCUT2D eigenvalue weighted by atomic mass is 15.3. The summed E-state index contributed by atoms with van der Waals surface area (Å²) in [6.45, 7) is 13.4. The summed E-state index contributed by atoms with van der Waals surface area (Å²) in [7, 11) is 0. The Balaban J connectivity index is 2.27. The minimum absolute atomic E-state index is 0.860. The first kappa shape index (κ1) is 15.0. The van der Waals surface area contributed by atoms with Gasteiger partial charge in [0.1, 0.15) is 0 Å². The van der Waals surface area contributed by atoms with Crippen LogP contribution in [0.25, 0.3) is 0 Å². The molecule has 0 radical (unpaired) electrons. The molecule has 1 saturated heterocycles. The van der Waals surface area contributed by atoms with Crippen molar-refractivity contribution in [3.05, 3.63) is 0 Å². The monoisotopic (exact) mass is 240 g/mol. The summed E-state index contributed by atoms with van der Waals surface area (Å²) in [5, 5.41) is 0. The minimum atomic E-state index is 0.860. The van der Waals surface area contributed by atoms with Crippen molar-refractivity contribution in [2.45, 2.75) is 65.3 Å². The second-order valence-electron chi connectivity index (χ2n) is 5.46. The number of nitrogens with zero attached hydrogens (tertiary/aromatic N) is 2. The van der Waals surface area contributed by atoms with E-state index in [1.54, 1.807) is 0 Å². The van der Waals surface area contributed by atoms with Crippen LogP contribution >= 0.6 is 0 Å². The van der Waals surface area contributed by atoms with E-state index >= 15 is 0 Å². The van der Waals surface area contributed by atoms with Gasteiger partial charge in [0.05, 0.1) is 0 Å². The summed E-state index contributed by atoms with van der Waals surface area (Å²) in [6, 6.07) is 0.860. The molecule has 2 heteroatoms. The fraction of sp³-hybridized carbons (Fsp3) is 1.00. The van der Waals surface area contributed by atoms with E-state index in [-0.39, 0.29) is 0 Å². The van der Waals surface area contributed by atoms with Gasteiger partial charge in [0.2, 0.25) is 0 Å².